The number of hydrogen-bond donors (Lipinski definition) is 0. The fourth-order valence-corrected chi connectivity index (χ4v) is 3.24. The summed E-state index contributed by atoms with van der Waals surface area (Å²) in [6.07, 6.45) is 6.98. The van der Waals surface area contributed by atoms with Crippen LogP contribution in [0.2, 0.25) is 5.02 Å². The van der Waals surface area contributed by atoms with Gasteiger partial charge in [0.25, 0.3) is 0 Å². The van der Waals surface area contributed by atoms with Crippen LogP contribution in [0.1, 0.15) is 44.5 Å². The summed E-state index contributed by atoms with van der Waals surface area (Å²) in [7, 11) is 0. The minimum absolute atomic E-state index is 0.175. The van der Waals surface area contributed by atoms with Gasteiger partial charge in [0.1, 0.15) is 5.82 Å². The summed E-state index contributed by atoms with van der Waals surface area (Å²) in [6, 6.07) is 8.02. The molecule has 0 aliphatic heterocycles. The van der Waals surface area contributed by atoms with E-state index in [0.717, 1.165) is 29.3 Å². The average Bonchev–Trinajstić information content (AvgIpc) is 2.89. The van der Waals surface area contributed by atoms with E-state index in [4.69, 9.17) is 11.6 Å². The summed E-state index contributed by atoms with van der Waals surface area (Å²) in [5.74, 6) is 1.40. The van der Waals surface area contributed by atoms with E-state index in [0.29, 0.717) is 13.1 Å². The Hall–Kier alpha value is -1.81. The molecule has 0 unspecified atom stereocenters. The summed E-state index contributed by atoms with van der Waals surface area (Å²) >= 11 is 6.07. The fraction of sp³-hybridized carbons (Fsp3) is 0.474. The van der Waals surface area contributed by atoms with Crippen molar-refractivity contribution >= 4 is 17.5 Å². The van der Waals surface area contributed by atoms with Crippen LogP contribution >= 0.6 is 11.6 Å². The predicted octanol–water partition coefficient (Wildman–Crippen LogP) is 4.12. The van der Waals surface area contributed by atoms with Crippen molar-refractivity contribution in [2.24, 2.45) is 5.92 Å². The van der Waals surface area contributed by atoms with Crippen LogP contribution < -0.4 is 0 Å². The summed E-state index contributed by atoms with van der Waals surface area (Å²) in [5.41, 5.74) is 1.13. The molecule has 24 heavy (non-hydrogen) atoms. The van der Waals surface area contributed by atoms with E-state index < -0.39 is 0 Å². The Morgan fingerprint density at radius 3 is 2.83 bits per heavy atom. The Morgan fingerprint density at radius 1 is 1.42 bits per heavy atom. The van der Waals surface area contributed by atoms with E-state index >= 15 is 0 Å². The monoisotopic (exact) mass is 345 g/mol. The third-order valence-electron chi connectivity index (χ3n) is 4.72. The molecule has 1 aliphatic carbocycles. The zero-order valence-electron chi connectivity index (χ0n) is 14.3. The predicted molar refractivity (Wildman–Crippen MR) is 95.8 cm³/mol. The van der Waals surface area contributed by atoms with Crippen molar-refractivity contribution in [3.05, 3.63) is 53.1 Å². The minimum Gasteiger partial charge on any atom is -0.333 e. The lowest BCUT2D eigenvalue weighted by molar-refractivity contribution is -0.140. The Bertz CT molecular complexity index is 706. The number of benzene rings is 1. The van der Waals surface area contributed by atoms with E-state index in [9.17, 15) is 4.79 Å². The number of aromatic nitrogens is 2. The van der Waals surface area contributed by atoms with E-state index in [-0.39, 0.29) is 17.9 Å². The number of carbonyl (C=O) groups excluding carboxylic acids is 1. The second-order valence-corrected chi connectivity index (χ2v) is 7.23. The molecule has 1 aliphatic rings. The van der Waals surface area contributed by atoms with E-state index in [2.05, 4.69) is 29.5 Å². The molecule has 1 heterocycles. The maximum absolute atomic E-state index is 12.7. The molecule has 2 aromatic rings. The van der Waals surface area contributed by atoms with Gasteiger partial charge in [0.05, 0.1) is 6.54 Å². The molecule has 0 spiro atoms. The van der Waals surface area contributed by atoms with Gasteiger partial charge in [-0.15, -0.1) is 0 Å². The van der Waals surface area contributed by atoms with Crippen LogP contribution in [0.5, 0.6) is 0 Å². The van der Waals surface area contributed by atoms with Gasteiger partial charge in [0.2, 0.25) is 5.91 Å². The molecule has 1 fully saturated rings. The summed E-state index contributed by atoms with van der Waals surface area (Å²) in [5, 5.41) is 0.734. The topological polar surface area (TPSA) is 38.1 Å². The van der Waals surface area contributed by atoms with Gasteiger partial charge < -0.3 is 9.47 Å². The minimum atomic E-state index is 0.175. The first-order chi connectivity index (χ1) is 11.5. The van der Waals surface area contributed by atoms with Gasteiger partial charge in [0.15, 0.2) is 0 Å². The highest BCUT2D eigenvalue weighted by molar-refractivity contribution is 6.30. The molecule has 0 atom stereocenters. The Labute approximate surface area is 148 Å². The zero-order chi connectivity index (χ0) is 17.1. The van der Waals surface area contributed by atoms with E-state index in [1.807, 2.05) is 29.3 Å². The van der Waals surface area contributed by atoms with Crippen molar-refractivity contribution in [3.63, 3.8) is 0 Å². The molecule has 1 aromatic heterocycles. The Kier molecular flexibility index (Phi) is 5.24. The maximum Gasteiger partial charge on any atom is 0.226 e. The molecule has 3 rings (SSSR count). The van der Waals surface area contributed by atoms with Crippen LogP contribution in [0.15, 0.2) is 36.7 Å². The van der Waals surface area contributed by atoms with Crippen molar-refractivity contribution in [3.8, 4) is 0 Å². The quantitative estimate of drug-likeness (QED) is 0.789. The van der Waals surface area contributed by atoms with E-state index in [1.165, 1.54) is 6.42 Å². The molecule has 1 aromatic carbocycles. The van der Waals surface area contributed by atoms with Crippen molar-refractivity contribution < 1.29 is 4.79 Å². The molecule has 1 amide bonds. The smallest absolute Gasteiger partial charge is 0.226 e. The first-order valence-electron chi connectivity index (χ1n) is 8.59. The lowest BCUT2D eigenvalue weighted by Crippen LogP contribution is -2.43. The number of hydrogen-bond acceptors (Lipinski definition) is 2. The van der Waals surface area contributed by atoms with Crippen molar-refractivity contribution in [2.75, 3.05) is 0 Å². The van der Waals surface area contributed by atoms with Gasteiger partial charge in [-0.2, -0.15) is 0 Å². The highest BCUT2D eigenvalue weighted by Gasteiger charge is 2.31. The van der Waals surface area contributed by atoms with E-state index in [1.54, 1.807) is 6.20 Å². The summed E-state index contributed by atoms with van der Waals surface area (Å²) in [6.45, 7) is 5.40. The fourth-order valence-electron chi connectivity index (χ4n) is 3.02. The van der Waals surface area contributed by atoms with Crippen LogP contribution in [0.25, 0.3) is 0 Å². The van der Waals surface area contributed by atoms with Gasteiger partial charge in [-0.1, -0.05) is 30.2 Å². The van der Waals surface area contributed by atoms with Crippen LogP contribution in [0, 0.1) is 5.92 Å². The SMILES string of the molecule is CC(C)N(Cc1nccn1Cc1cccc(Cl)c1)C(=O)C1CCC1. The number of rotatable bonds is 6. The molecule has 1 saturated carbocycles. The van der Waals surface area contributed by atoms with Crippen molar-refractivity contribution in [1.29, 1.82) is 0 Å². The third-order valence-corrected chi connectivity index (χ3v) is 4.95. The second kappa shape index (κ2) is 7.39. The van der Waals surface area contributed by atoms with Gasteiger partial charge in [-0.3, -0.25) is 4.79 Å². The molecular weight excluding hydrogens is 322 g/mol. The standard InChI is InChI=1S/C19H24ClN3O/c1-14(2)23(19(24)16-6-4-7-16)13-18-21-9-10-22(18)12-15-5-3-8-17(20)11-15/h3,5,8-11,14,16H,4,6-7,12-13H2,1-2H3. The van der Waals surface area contributed by atoms with Crippen molar-refractivity contribution in [1.82, 2.24) is 14.5 Å². The first-order valence-corrected chi connectivity index (χ1v) is 8.97. The number of nitrogens with zero attached hydrogens (tertiary/aromatic N) is 3. The van der Waals surface area contributed by atoms with Crippen LogP contribution in [0.3, 0.4) is 0 Å². The molecule has 128 valence electrons. The normalized spacial score (nSPS) is 14.7. The highest BCUT2D eigenvalue weighted by atomic mass is 35.5. The molecule has 5 heteroatoms. The number of halogens is 1. The number of amides is 1. The largest absolute Gasteiger partial charge is 0.333 e. The molecule has 4 nitrogen and oxygen atoms in total. The van der Waals surface area contributed by atoms with Gasteiger partial charge in [-0.05, 0) is 44.4 Å². The average molecular weight is 346 g/mol. The van der Waals surface area contributed by atoms with Gasteiger partial charge >= 0.3 is 0 Å². The highest BCUT2D eigenvalue weighted by Crippen LogP contribution is 2.29. The van der Waals surface area contributed by atoms with Crippen LogP contribution in [0.4, 0.5) is 0 Å². The number of imidazole rings is 1. The maximum atomic E-state index is 12.7. The Balaban J connectivity index is 1.74. The van der Waals surface area contributed by atoms with Gasteiger partial charge in [0, 0.05) is 35.9 Å². The van der Waals surface area contributed by atoms with Crippen molar-refractivity contribution in [2.45, 2.75) is 52.2 Å². The van der Waals surface area contributed by atoms with Gasteiger partial charge in [-0.25, -0.2) is 4.98 Å². The lowest BCUT2D eigenvalue weighted by Gasteiger charge is -2.34. The third kappa shape index (κ3) is 3.81. The number of carbonyl (C=O) groups is 1. The molecular formula is C19H24ClN3O. The second-order valence-electron chi connectivity index (χ2n) is 6.79. The first kappa shape index (κ1) is 17.0. The zero-order valence-corrected chi connectivity index (χ0v) is 15.0. The van der Waals surface area contributed by atoms with Crippen LogP contribution in [-0.2, 0) is 17.9 Å². The van der Waals surface area contributed by atoms with Crippen LogP contribution in [-0.4, -0.2) is 26.4 Å². The Morgan fingerprint density at radius 2 is 2.21 bits per heavy atom. The molecule has 0 radical (unpaired) electrons. The molecule has 0 bridgehead atoms. The molecule has 0 saturated heterocycles. The summed E-state index contributed by atoms with van der Waals surface area (Å²) in [4.78, 5) is 19.1. The molecule has 0 N–H and O–H groups in total. The lowest BCUT2D eigenvalue weighted by atomic mass is 9.84. The summed E-state index contributed by atoms with van der Waals surface area (Å²) < 4.78 is 2.09.